The minimum absolute atomic E-state index is 0.161. The summed E-state index contributed by atoms with van der Waals surface area (Å²) in [6.45, 7) is 4.82. The number of carbonyl (C=O) groups is 2. The number of rotatable bonds is 6. The fourth-order valence-corrected chi connectivity index (χ4v) is 3.28. The van der Waals surface area contributed by atoms with Gasteiger partial charge in [-0.25, -0.2) is 9.59 Å². The number of nitrogens with zero attached hydrogens (tertiary/aromatic N) is 1. The molecule has 1 fully saturated rings. The van der Waals surface area contributed by atoms with Crippen LogP contribution >= 0.6 is 0 Å². The smallest absolute Gasteiger partial charge is 0.434 e. The van der Waals surface area contributed by atoms with E-state index in [0.717, 1.165) is 32.5 Å². The van der Waals surface area contributed by atoms with Gasteiger partial charge in [0, 0.05) is 31.4 Å². The predicted molar refractivity (Wildman–Crippen MR) is 111 cm³/mol. The molecule has 0 saturated carbocycles. The molecule has 1 saturated heterocycles. The van der Waals surface area contributed by atoms with Crippen LogP contribution in [0.5, 0.6) is 5.75 Å². The molecule has 0 bridgehead atoms. The van der Waals surface area contributed by atoms with Gasteiger partial charge in [0.1, 0.15) is 5.75 Å². The molecule has 0 aliphatic carbocycles. The number of likely N-dealkylation sites (tertiary alicyclic amines) is 1. The second kappa shape index (κ2) is 10.5. The molecular formula is C22H27N3O4. The van der Waals surface area contributed by atoms with E-state index in [1.54, 1.807) is 31.2 Å². The molecule has 154 valence electrons. The summed E-state index contributed by atoms with van der Waals surface area (Å²) < 4.78 is 9.72. The van der Waals surface area contributed by atoms with E-state index in [0.29, 0.717) is 11.4 Å². The zero-order valence-corrected chi connectivity index (χ0v) is 16.6. The van der Waals surface area contributed by atoms with Crippen LogP contribution in [0.2, 0.25) is 0 Å². The topological polar surface area (TPSA) is 79.9 Å². The summed E-state index contributed by atoms with van der Waals surface area (Å²) in [4.78, 5) is 26.0. The van der Waals surface area contributed by atoms with E-state index in [2.05, 4.69) is 39.8 Å². The molecule has 2 N–H and O–H groups in total. The summed E-state index contributed by atoms with van der Waals surface area (Å²) in [5.74, 6) is 0.361. The molecule has 0 unspecified atom stereocenters. The van der Waals surface area contributed by atoms with Gasteiger partial charge in [0.15, 0.2) is 0 Å². The molecule has 2 aromatic rings. The lowest BCUT2D eigenvalue weighted by molar-refractivity contribution is 0.104. The van der Waals surface area contributed by atoms with Gasteiger partial charge in [-0.1, -0.05) is 30.3 Å². The van der Waals surface area contributed by atoms with Crippen molar-refractivity contribution in [1.29, 1.82) is 0 Å². The highest BCUT2D eigenvalue weighted by Crippen LogP contribution is 2.17. The maximum Gasteiger partial charge on any atom is 0.513 e. The van der Waals surface area contributed by atoms with Crippen LogP contribution < -0.4 is 15.4 Å². The van der Waals surface area contributed by atoms with Crippen molar-refractivity contribution in [3.63, 3.8) is 0 Å². The third-order valence-electron chi connectivity index (χ3n) is 4.75. The minimum atomic E-state index is -0.746. The van der Waals surface area contributed by atoms with Crippen molar-refractivity contribution in [2.45, 2.75) is 32.4 Å². The molecule has 7 heteroatoms. The molecule has 1 aliphatic heterocycles. The minimum Gasteiger partial charge on any atom is -0.434 e. The number of benzene rings is 2. The molecule has 0 aromatic heterocycles. The summed E-state index contributed by atoms with van der Waals surface area (Å²) in [6, 6.07) is 16.9. The van der Waals surface area contributed by atoms with Gasteiger partial charge in [-0.15, -0.1) is 0 Å². The molecule has 29 heavy (non-hydrogen) atoms. The van der Waals surface area contributed by atoms with E-state index in [-0.39, 0.29) is 18.7 Å². The number of nitrogens with one attached hydrogen (secondary N) is 2. The van der Waals surface area contributed by atoms with Gasteiger partial charge in [0.05, 0.1) is 6.61 Å². The first-order valence-electron chi connectivity index (χ1n) is 9.91. The molecule has 2 aromatic carbocycles. The Morgan fingerprint density at radius 1 is 1.03 bits per heavy atom. The highest BCUT2D eigenvalue weighted by atomic mass is 16.7. The Kier molecular flexibility index (Phi) is 7.47. The average molecular weight is 397 g/mol. The highest BCUT2D eigenvalue weighted by Gasteiger charge is 2.20. The largest absolute Gasteiger partial charge is 0.513 e. The van der Waals surface area contributed by atoms with Gasteiger partial charge < -0.3 is 20.1 Å². The van der Waals surface area contributed by atoms with Crippen molar-refractivity contribution in [3.8, 4) is 5.75 Å². The lowest BCUT2D eigenvalue weighted by Crippen LogP contribution is -2.45. The van der Waals surface area contributed by atoms with Crippen molar-refractivity contribution in [2.75, 3.05) is 25.0 Å². The number of anilines is 1. The van der Waals surface area contributed by atoms with Crippen LogP contribution in [0.25, 0.3) is 0 Å². The first-order chi connectivity index (χ1) is 14.1. The Labute approximate surface area is 171 Å². The maximum absolute atomic E-state index is 12.3. The summed E-state index contributed by atoms with van der Waals surface area (Å²) in [6.07, 6.45) is 1.10. The van der Waals surface area contributed by atoms with E-state index in [1.807, 2.05) is 6.07 Å². The number of urea groups is 1. The molecule has 0 atom stereocenters. The fourth-order valence-electron chi connectivity index (χ4n) is 3.28. The van der Waals surface area contributed by atoms with E-state index in [9.17, 15) is 9.59 Å². The van der Waals surface area contributed by atoms with Crippen molar-refractivity contribution < 1.29 is 19.1 Å². The number of piperidine rings is 1. The van der Waals surface area contributed by atoms with Crippen molar-refractivity contribution in [1.82, 2.24) is 10.2 Å². The molecular weight excluding hydrogens is 370 g/mol. The van der Waals surface area contributed by atoms with Gasteiger partial charge in [0.25, 0.3) is 0 Å². The summed E-state index contributed by atoms with van der Waals surface area (Å²) in [7, 11) is 0. The second-order valence-corrected chi connectivity index (χ2v) is 6.94. The summed E-state index contributed by atoms with van der Waals surface area (Å²) >= 11 is 0. The zero-order valence-electron chi connectivity index (χ0n) is 16.6. The number of hydrogen-bond acceptors (Lipinski definition) is 5. The number of amides is 2. The Morgan fingerprint density at radius 3 is 2.38 bits per heavy atom. The van der Waals surface area contributed by atoms with Crippen LogP contribution in [0, 0.1) is 0 Å². The van der Waals surface area contributed by atoms with Gasteiger partial charge in [-0.2, -0.15) is 0 Å². The molecule has 3 rings (SSSR count). The Balaban J connectivity index is 1.39. The van der Waals surface area contributed by atoms with Crippen molar-refractivity contribution in [2.24, 2.45) is 0 Å². The van der Waals surface area contributed by atoms with E-state index >= 15 is 0 Å². The van der Waals surface area contributed by atoms with Crippen molar-refractivity contribution >= 4 is 17.9 Å². The predicted octanol–water partition coefficient (Wildman–Crippen LogP) is 4.01. The number of carbonyl (C=O) groups excluding carboxylic acids is 2. The first-order valence-corrected chi connectivity index (χ1v) is 9.91. The Morgan fingerprint density at radius 2 is 1.72 bits per heavy atom. The lowest BCUT2D eigenvalue weighted by atomic mass is 10.0. The average Bonchev–Trinajstić information content (AvgIpc) is 2.72. The quantitative estimate of drug-likeness (QED) is 0.569. The summed E-state index contributed by atoms with van der Waals surface area (Å²) in [5, 5.41) is 5.84. The van der Waals surface area contributed by atoms with E-state index < -0.39 is 6.16 Å². The Bertz CT molecular complexity index is 787. The normalized spacial score (nSPS) is 14.8. The molecule has 1 aliphatic rings. The molecule has 1 heterocycles. The van der Waals surface area contributed by atoms with Crippen LogP contribution in [0.4, 0.5) is 15.3 Å². The monoisotopic (exact) mass is 397 g/mol. The van der Waals surface area contributed by atoms with Crippen LogP contribution in [0.3, 0.4) is 0 Å². The third-order valence-corrected chi connectivity index (χ3v) is 4.75. The zero-order chi connectivity index (χ0) is 20.5. The fraction of sp³-hybridized carbons (Fsp3) is 0.364. The van der Waals surface area contributed by atoms with E-state index in [4.69, 9.17) is 9.47 Å². The lowest BCUT2D eigenvalue weighted by Gasteiger charge is -2.32. The van der Waals surface area contributed by atoms with Gasteiger partial charge in [-0.3, -0.25) is 4.90 Å². The number of ether oxygens (including phenoxy) is 2. The molecule has 2 amide bonds. The standard InChI is InChI=1S/C22H27N3O4/c1-2-28-22(27)29-20-10-8-18(9-11-20)23-21(26)24-19-12-14-25(15-13-19)16-17-6-4-3-5-7-17/h3-11,19H,2,12-16H2,1H3,(H2,23,24,26). The van der Waals surface area contributed by atoms with Crippen LogP contribution in [-0.4, -0.2) is 42.8 Å². The maximum atomic E-state index is 12.3. The highest BCUT2D eigenvalue weighted by molar-refractivity contribution is 5.89. The van der Waals surface area contributed by atoms with E-state index in [1.165, 1.54) is 5.56 Å². The van der Waals surface area contributed by atoms with Crippen LogP contribution in [0.1, 0.15) is 25.3 Å². The number of hydrogen-bond donors (Lipinski definition) is 2. The van der Waals surface area contributed by atoms with Crippen LogP contribution in [-0.2, 0) is 11.3 Å². The third kappa shape index (κ3) is 6.80. The molecule has 7 nitrogen and oxygen atoms in total. The molecule has 0 spiro atoms. The van der Waals surface area contributed by atoms with Crippen molar-refractivity contribution in [3.05, 3.63) is 60.2 Å². The SMILES string of the molecule is CCOC(=O)Oc1ccc(NC(=O)NC2CCN(Cc3ccccc3)CC2)cc1. The Hall–Kier alpha value is -3.06. The summed E-state index contributed by atoms with van der Waals surface area (Å²) in [5.41, 5.74) is 1.94. The van der Waals surface area contributed by atoms with Gasteiger partial charge in [0.2, 0.25) is 0 Å². The van der Waals surface area contributed by atoms with Crippen LogP contribution in [0.15, 0.2) is 54.6 Å². The molecule has 0 radical (unpaired) electrons. The first kappa shape index (κ1) is 20.7. The second-order valence-electron chi connectivity index (χ2n) is 6.94. The van der Waals surface area contributed by atoms with Gasteiger partial charge in [-0.05, 0) is 49.6 Å². The van der Waals surface area contributed by atoms with Gasteiger partial charge >= 0.3 is 12.2 Å².